The molecule has 0 radical (unpaired) electrons. The molecular formula is C19H20N4O3. The first kappa shape index (κ1) is 17.5. The van der Waals surface area contributed by atoms with Crippen LogP contribution >= 0.6 is 0 Å². The van der Waals surface area contributed by atoms with Crippen molar-refractivity contribution in [1.82, 2.24) is 14.9 Å². The van der Waals surface area contributed by atoms with Gasteiger partial charge < -0.3 is 20.3 Å². The third-order valence-corrected chi connectivity index (χ3v) is 4.07. The number of amides is 2. The summed E-state index contributed by atoms with van der Waals surface area (Å²) in [6, 6.07) is 12.8. The van der Waals surface area contributed by atoms with Crippen molar-refractivity contribution in [2.75, 3.05) is 11.9 Å². The van der Waals surface area contributed by atoms with Crippen LogP contribution in [0.15, 0.2) is 48.8 Å². The predicted octanol–water partition coefficient (Wildman–Crippen LogP) is 3.03. The Morgan fingerprint density at radius 1 is 1.19 bits per heavy atom. The van der Waals surface area contributed by atoms with Gasteiger partial charge in [0.1, 0.15) is 0 Å². The van der Waals surface area contributed by atoms with E-state index >= 15 is 0 Å². The lowest BCUT2D eigenvalue weighted by Gasteiger charge is -2.09. The van der Waals surface area contributed by atoms with Crippen LogP contribution in [0.4, 0.5) is 10.5 Å². The molecule has 7 nitrogen and oxygen atoms in total. The van der Waals surface area contributed by atoms with E-state index in [0.29, 0.717) is 23.3 Å². The van der Waals surface area contributed by atoms with E-state index in [4.69, 9.17) is 0 Å². The maximum Gasteiger partial charge on any atom is 0.337 e. The third-order valence-electron chi connectivity index (χ3n) is 4.07. The van der Waals surface area contributed by atoms with Crippen molar-refractivity contribution in [1.29, 1.82) is 0 Å². The Kier molecular flexibility index (Phi) is 5.17. The minimum absolute atomic E-state index is 0.0990. The molecule has 2 amide bonds. The zero-order valence-corrected chi connectivity index (χ0v) is 14.4. The van der Waals surface area contributed by atoms with Crippen LogP contribution in [-0.2, 0) is 13.5 Å². The summed E-state index contributed by atoms with van der Waals surface area (Å²) < 4.78 is 1.65. The quantitative estimate of drug-likeness (QED) is 0.594. The molecule has 0 aliphatic carbocycles. The van der Waals surface area contributed by atoms with Crippen molar-refractivity contribution in [2.45, 2.75) is 12.8 Å². The molecule has 2 aromatic carbocycles. The molecule has 7 heteroatoms. The number of carboxylic acid groups (broad SMARTS) is 1. The van der Waals surface area contributed by atoms with Crippen LogP contribution in [0.1, 0.15) is 22.3 Å². The van der Waals surface area contributed by atoms with Crippen LogP contribution in [0.3, 0.4) is 0 Å². The van der Waals surface area contributed by atoms with Crippen molar-refractivity contribution in [3.63, 3.8) is 0 Å². The van der Waals surface area contributed by atoms with Crippen LogP contribution < -0.4 is 10.6 Å². The first-order valence-corrected chi connectivity index (χ1v) is 8.32. The number of nitrogens with one attached hydrogen (secondary N) is 2. The van der Waals surface area contributed by atoms with Crippen molar-refractivity contribution >= 4 is 28.7 Å². The number of aromatic nitrogens is 2. The summed E-state index contributed by atoms with van der Waals surface area (Å²) in [6.07, 6.45) is 3.24. The smallest absolute Gasteiger partial charge is 0.337 e. The molecule has 0 spiro atoms. The van der Waals surface area contributed by atoms with Gasteiger partial charge in [0, 0.05) is 19.3 Å². The molecule has 3 rings (SSSR count). The average Bonchev–Trinajstić information content (AvgIpc) is 3.00. The molecule has 0 saturated heterocycles. The molecule has 134 valence electrons. The van der Waals surface area contributed by atoms with E-state index in [0.717, 1.165) is 12.8 Å². The third kappa shape index (κ3) is 4.00. The van der Waals surface area contributed by atoms with Crippen molar-refractivity contribution < 1.29 is 14.7 Å². The molecule has 3 aromatic rings. The fraction of sp³-hybridized carbons (Fsp3) is 0.211. The molecule has 0 atom stereocenters. The van der Waals surface area contributed by atoms with Gasteiger partial charge in [-0.3, -0.25) is 0 Å². The van der Waals surface area contributed by atoms with Crippen LogP contribution in [-0.4, -0.2) is 33.2 Å². The van der Waals surface area contributed by atoms with E-state index in [-0.39, 0.29) is 11.6 Å². The summed E-state index contributed by atoms with van der Waals surface area (Å²) in [5, 5.41) is 14.9. The number of carbonyl (C=O) groups excluding carboxylic acids is 1. The van der Waals surface area contributed by atoms with Gasteiger partial charge in [0.25, 0.3) is 0 Å². The average molecular weight is 352 g/mol. The number of anilines is 1. The Morgan fingerprint density at radius 2 is 1.96 bits per heavy atom. The van der Waals surface area contributed by atoms with E-state index in [1.807, 2.05) is 18.2 Å². The first-order chi connectivity index (χ1) is 12.5. The number of urea groups is 1. The lowest BCUT2D eigenvalue weighted by atomic mass is 10.1. The number of nitrogens with zero attached hydrogens (tertiary/aromatic N) is 2. The summed E-state index contributed by atoms with van der Waals surface area (Å²) in [7, 11) is 1.73. The number of carbonyl (C=O) groups is 2. The van der Waals surface area contributed by atoms with Gasteiger partial charge in [0.05, 0.1) is 22.9 Å². The summed E-state index contributed by atoms with van der Waals surface area (Å²) in [5.41, 5.74) is 2.76. The molecule has 1 aromatic heterocycles. The highest BCUT2D eigenvalue weighted by atomic mass is 16.4. The standard InChI is InChI=1S/C19H20N4O3/c1-23-12-21-16-11-14(10-15(17(16)23)18(24)25)22-19(26)20-9-5-8-13-6-3-2-4-7-13/h2-4,6-7,10-12H,5,8-9H2,1H3,(H,24,25)(H2,20,22,26). The Hall–Kier alpha value is -3.35. The van der Waals surface area contributed by atoms with Crippen LogP contribution in [0.5, 0.6) is 0 Å². The number of fused-ring (bicyclic) bond motifs is 1. The maximum atomic E-state index is 12.1. The summed E-state index contributed by atoms with van der Waals surface area (Å²) in [4.78, 5) is 27.7. The Bertz CT molecular complexity index is 935. The van der Waals surface area contributed by atoms with Gasteiger partial charge in [-0.1, -0.05) is 30.3 Å². The fourth-order valence-electron chi connectivity index (χ4n) is 2.84. The second-order valence-corrected chi connectivity index (χ2v) is 6.02. The normalized spacial score (nSPS) is 10.7. The van der Waals surface area contributed by atoms with Crippen LogP contribution in [0.25, 0.3) is 11.0 Å². The molecule has 1 heterocycles. The lowest BCUT2D eigenvalue weighted by Crippen LogP contribution is -2.29. The van der Waals surface area contributed by atoms with Gasteiger partial charge in [-0.25, -0.2) is 14.6 Å². The molecule has 0 aliphatic rings. The van der Waals surface area contributed by atoms with Gasteiger partial charge in [-0.15, -0.1) is 0 Å². The molecule has 0 bridgehead atoms. The monoisotopic (exact) mass is 352 g/mol. The molecule has 3 N–H and O–H groups in total. The van der Waals surface area contributed by atoms with Crippen molar-refractivity contribution in [3.8, 4) is 0 Å². The van der Waals surface area contributed by atoms with E-state index < -0.39 is 5.97 Å². The fourth-order valence-corrected chi connectivity index (χ4v) is 2.84. The second-order valence-electron chi connectivity index (χ2n) is 6.02. The van der Waals surface area contributed by atoms with Gasteiger partial charge in [0.2, 0.25) is 0 Å². The molecule has 0 unspecified atom stereocenters. The topological polar surface area (TPSA) is 96.3 Å². The zero-order chi connectivity index (χ0) is 18.5. The Labute approximate surface area is 150 Å². The van der Waals surface area contributed by atoms with Gasteiger partial charge in [0.15, 0.2) is 0 Å². The van der Waals surface area contributed by atoms with E-state index in [2.05, 4.69) is 27.8 Å². The number of carboxylic acids is 1. The minimum atomic E-state index is -1.06. The molecule has 0 aliphatic heterocycles. The SMILES string of the molecule is Cn1cnc2cc(NC(=O)NCCCc3ccccc3)cc(C(=O)O)c21. The highest BCUT2D eigenvalue weighted by molar-refractivity contribution is 6.04. The van der Waals surface area contributed by atoms with Crippen molar-refractivity contribution in [2.24, 2.45) is 7.05 Å². The lowest BCUT2D eigenvalue weighted by molar-refractivity contribution is 0.0698. The maximum absolute atomic E-state index is 12.1. The minimum Gasteiger partial charge on any atom is -0.478 e. The highest BCUT2D eigenvalue weighted by Crippen LogP contribution is 2.23. The summed E-state index contributed by atoms with van der Waals surface area (Å²) in [5.74, 6) is -1.06. The molecular weight excluding hydrogens is 332 g/mol. The molecule has 0 fully saturated rings. The predicted molar refractivity (Wildman–Crippen MR) is 99.5 cm³/mol. The zero-order valence-electron chi connectivity index (χ0n) is 14.4. The number of hydrogen-bond acceptors (Lipinski definition) is 3. The van der Waals surface area contributed by atoms with E-state index in [1.165, 1.54) is 11.6 Å². The number of aromatic carboxylic acids is 1. The Balaban J connectivity index is 1.59. The second kappa shape index (κ2) is 7.69. The largest absolute Gasteiger partial charge is 0.478 e. The number of rotatable bonds is 6. The van der Waals surface area contributed by atoms with Crippen LogP contribution in [0, 0.1) is 0 Å². The molecule has 0 saturated carbocycles. The van der Waals surface area contributed by atoms with Crippen LogP contribution in [0.2, 0.25) is 0 Å². The number of hydrogen-bond donors (Lipinski definition) is 3. The van der Waals surface area contributed by atoms with E-state index in [9.17, 15) is 14.7 Å². The summed E-state index contributed by atoms with van der Waals surface area (Å²) >= 11 is 0. The number of imidazole rings is 1. The number of benzene rings is 2. The highest BCUT2D eigenvalue weighted by Gasteiger charge is 2.15. The summed E-state index contributed by atoms with van der Waals surface area (Å²) in [6.45, 7) is 0.526. The number of aryl methyl sites for hydroxylation is 2. The first-order valence-electron chi connectivity index (χ1n) is 8.32. The van der Waals surface area contributed by atoms with Gasteiger partial charge in [-0.05, 0) is 30.5 Å². The van der Waals surface area contributed by atoms with Gasteiger partial charge in [-0.2, -0.15) is 0 Å². The Morgan fingerprint density at radius 3 is 2.69 bits per heavy atom. The van der Waals surface area contributed by atoms with Gasteiger partial charge >= 0.3 is 12.0 Å². The van der Waals surface area contributed by atoms with E-state index in [1.54, 1.807) is 24.0 Å². The van der Waals surface area contributed by atoms with Crippen molar-refractivity contribution in [3.05, 3.63) is 59.9 Å². The molecule has 26 heavy (non-hydrogen) atoms.